The molecular formula is C16H24N2O. The van der Waals surface area contributed by atoms with Gasteiger partial charge in [-0.15, -0.1) is 0 Å². The molecule has 3 unspecified atom stereocenters. The Kier molecular flexibility index (Phi) is 3.87. The molecule has 1 saturated heterocycles. The maximum absolute atomic E-state index is 9.91. The molecule has 0 amide bonds. The fourth-order valence-electron chi connectivity index (χ4n) is 3.47. The smallest absolute Gasteiger partial charge is 0.0590 e. The lowest BCUT2D eigenvalue weighted by molar-refractivity contribution is 0.0154. The van der Waals surface area contributed by atoms with Crippen LogP contribution in [0, 0.1) is 5.92 Å². The minimum atomic E-state index is -0.115. The molecule has 3 heteroatoms. The Balaban J connectivity index is 1.84. The van der Waals surface area contributed by atoms with Crippen LogP contribution in [0.2, 0.25) is 0 Å². The number of hydrogen-bond acceptors (Lipinski definition) is 3. The highest BCUT2D eigenvalue weighted by Crippen LogP contribution is 2.32. The quantitative estimate of drug-likeness (QED) is 0.810. The summed E-state index contributed by atoms with van der Waals surface area (Å²) in [6.45, 7) is 6.26. The van der Waals surface area contributed by atoms with E-state index in [1.807, 2.05) is 0 Å². The molecule has 2 N–H and O–H groups in total. The summed E-state index contributed by atoms with van der Waals surface area (Å²) < 4.78 is 0. The molecule has 0 radical (unpaired) electrons. The van der Waals surface area contributed by atoms with E-state index in [-0.39, 0.29) is 6.10 Å². The van der Waals surface area contributed by atoms with E-state index in [9.17, 15) is 5.11 Å². The number of aliphatic hydroxyl groups excluding tert-OH is 1. The molecule has 19 heavy (non-hydrogen) atoms. The van der Waals surface area contributed by atoms with Crippen molar-refractivity contribution in [2.75, 3.05) is 19.6 Å². The minimum Gasteiger partial charge on any atom is -0.393 e. The molecule has 3 nitrogen and oxygen atoms in total. The highest BCUT2D eigenvalue weighted by atomic mass is 16.3. The second kappa shape index (κ2) is 5.61. The van der Waals surface area contributed by atoms with E-state index in [2.05, 4.69) is 41.4 Å². The molecule has 2 aliphatic heterocycles. The average Bonchev–Trinajstić information content (AvgIpc) is 2.64. The van der Waals surface area contributed by atoms with Gasteiger partial charge in [-0.1, -0.05) is 31.2 Å². The van der Waals surface area contributed by atoms with Crippen molar-refractivity contribution in [3.05, 3.63) is 35.4 Å². The number of nitrogens with one attached hydrogen (secondary N) is 1. The number of nitrogens with zero attached hydrogens (tertiary/aromatic N) is 1. The van der Waals surface area contributed by atoms with E-state index in [1.54, 1.807) is 0 Å². The average molecular weight is 260 g/mol. The van der Waals surface area contributed by atoms with Gasteiger partial charge in [0.15, 0.2) is 0 Å². The van der Waals surface area contributed by atoms with Gasteiger partial charge in [-0.05, 0) is 36.4 Å². The zero-order valence-corrected chi connectivity index (χ0v) is 11.7. The van der Waals surface area contributed by atoms with Crippen LogP contribution in [0.5, 0.6) is 0 Å². The van der Waals surface area contributed by atoms with Gasteiger partial charge in [-0.25, -0.2) is 0 Å². The summed E-state index contributed by atoms with van der Waals surface area (Å²) in [7, 11) is 0. The Bertz CT molecular complexity index is 435. The van der Waals surface area contributed by atoms with Crippen LogP contribution >= 0.6 is 0 Å². The summed E-state index contributed by atoms with van der Waals surface area (Å²) >= 11 is 0. The first kappa shape index (κ1) is 13.1. The fraction of sp³-hybridized carbons (Fsp3) is 0.625. The van der Waals surface area contributed by atoms with Gasteiger partial charge in [0.2, 0.25) is 0 Å². The van der Waals surface area contributed by atoms with E-state index in [4.69, 9.17) is 0 Å². The number of likely N-dealkylation sites (tertiary alicyclic amines) is 1. The van der Waals surface area contributed by atoms with Crippen molar-refractivity contribution < 1.29 is 5.11 Å². The second-order valence-corrected chi connectivity index (χ2v) is 6.01. The molecule has 104 valence electrons. The lowest BCUT2D eigenvalue weighted by atomic mass is 9.91. The molecule has 1 fully saturated rings. The van der Waals surface area contributed by atoms with Crippen LogP contribution in [-0.4, -0.2) is 35.7 Å². The van der Waals surface area contributed by atoms with Crippen molar-refractivity contribution in [2.24, 2.45) is 5.92 Å². The molecule has 2 aliphatic rings. The normalized spacial score (nSPS) is 32.6. The third-order valence-corrected chi connectivity index (χ3v) is 4.66. The molecule has 1 aromatic carbocycles. The van der Waals surface area contributed by atoms with Crippen molar-refractivity contribution in [3.8, 4) is 0 Å². The van der Waals surface area contributed by atoms with Gasteiger partial charge < -0.3 is 10.4 Å². The zero-order valence-electron chi connectivity index (χ0n) is 11.7. The van der Waals surface area contributed by atoms with E-state index in [0.29, 0.717) is 12.0 Å². The van der Waals surface area contributed by atoms with Gasteiger partial charge in [0, 0.05) is 25.7 Å². The number of piperidine rings is 1. The van der Waals surface area contributed by atoms with Crippen molar-refractivity contribution in [1.29, 1.82) is 0 Å². The number of benzene rings is 1. The number of rotatable bonds is 1. The summed E-state index contributed by atoms with van der Waals surface area (Å²) in [5, 5.41) is 13.4. The Morgan fingerprint density at radius 2 is 2.11 bits per heavy atom. The summed E-state index contributed by atoms with van der Waals surface area (Å²) in [6, 6.07) is 9.32. The SMILES string of the molecule is CC1CN(C2CCNCc3ccccc32)CCC1O. The van der Waals surface area contributed by atoms with E-state index < -0.39 is 0 Å². The van der Waals surface area contributed by atoms with Crippen LogP contribution in [0.1, 0.15) is 36.9 Å². The molecule has 0 spiro atoms. The Morgan fingerprint density at radius 3 is 2.95 bits per heavy atom. The van der Waals surface area contributed by atoms with E-state index in [0.717, 1.165) is 32.6 Å². The van der Waals surface area contributed by atoms with Crippen molar-refractivity contribution in [2.45, 2.75) is 38.5 Å². The summed E-state index contributed by atoms with van der Waals surface area (Å²) in [4.78, 5) is 2.57. The Labute approximate surface area is 115 Å². The topological polar surface area (TPSA) is 35.5 Å². The van der Waals surface area contributed by atoms with Crippen molar-refractivity contribution in [3.63, 3.8) is 0 Å². The van der Waals surface area contributed by atoms with Gasteiger partial charge in [0.1, 0.15) is 0 Å². The van der Waals surface area contributed by atoms with Crippen LogP contribution in [0.25, 0.3) is 0 Å². The number of fused-ring (bicyclic) bond motifs is 1. The van der Waals surface area contributed by atoms with E-state index in [1.165, 1.54) is 17.5 Å². The van der Waals surface area contributed by atoms with Crippen LogP contribution in [-0.2, 0) is 6.54 Å². The van der Waals surface area contributed by atoms with Gasteiger partial charge in [-0.3, -0.25) is 4.90 Å². The first-order chi connectivity index (χ1) is 9.25. The largest absolute Gasteiger partial charge is 0.393 e. The van der Waals surface area contributed by atoms with Crippen LogP contribution in [0.15, 0.2) is 24.3 Å². The lowest BCUT2D eigenvalue weighted by Gasteiger charge is -2.39. The van der Waals surface area contributed by atoms with E-state index >= 15 is 0 Å². The summed E-state index contributed by atoms with van der Waals surface area (Å²) in [6.07, 6.45) is 1.96. The molecule has 0 aliphatic carbocycles. The van der Waals surface area contributed by atoms with Crippen LogP contribution in [0.4, 0.5) is 0 Å². The van der Waals surface area contributed by atoms with Gasteiger partial charge in [0.25, 0.3) is 0 Å². The molecule has 0 saturated carbocycles. The van der Waals surface area contributed by atoms with Gasteiger partial charge in [-0.2, -0.15) is 0 Å². The predicted molar refractivity (Wildman–Crippen MR) is 76.9 cm³/mol. The lowest BCUT2D eigenvalue weighted by Crippen LogP contribution is -2.44. The highest BCUT2D eigenvalue weighted by Gasteiger charge is 2.30. The van der Waals surface area contributed by atoms with Crippen LogP contribution in [0.3, 0.4) is 0 Å². The maximum Gasteiger partial charge on any atom is 0.0590 e. The molecule has 2 heterocycles. The maximum atomic E-state index is 9.91. The third kappa shape index (κ3) is 2.69. The van der Waals surface area contributed by atoms with Crippen LogP contribution < -0.4 is 5.32 Å². The second-order valence-electron chi connectivity index (χ2n) is 6.01. The molecule has 3 atom stereocenters. The molecule has 3 rings (SSSR count). The van der Waals surface area contributed by atoms with Crippen molar-refractivity contribution >= 4 is 0 Å². The number of aliphatic hydroxyl groups is 1. The standard InChI is InChI=1S/C16H24N2O/c1-12-11-18(9-7-16(12)19)15-6-8-17-10-13-4-2-3-5-14(13)15/h2-5,12,15-17,19H,6-11H2,1H3. The third-order valence-electron chi connectivity index (χ3n) is 4.66. The first-order valence-corrected chi connectivity index (χ1v) is 7.46. The molecule has 0 aromatic heterocycles. The minimum absolute atomic E-state index is 0.115. The Morgan fingerprint density at radius 1 is 1.26 bits per heavy atom. The molecule has 0 bridgehead atoms. The van der Waals surface area contributed by atoms with Gasteiger partial charge in [0.05, 0.1) is 6.10 Å². The van der Waals surface area contributed by atoms with Crippen molar-refractivity contribution in [1.82, 2.24) is 10.2 Å². The highest BCUT2D eigenvalue weighted by molar-refractivity contribution is 5.31. The molecular weight excluding hydrogens is 236 g/mol. The zero-order chi connectivity index (χ0) is 13.2. The summed E-state index contributed by atoms with van der Waals surface area (Å²) in [5.41, 5.74) is 2.92. The molecule has 1 aromatic rings. The summed E-state index contributed by atoms with van der Waals surface area (Å²) in [5.74, 6) is 0.386. The first-order valence-electron chi connectivity index (χ1n) is 7.46. The Hall–Kier alpha value is -0.900. The number of hydrogen-bond donors (Lipinski definition) is 2. The van der Waals surface area contributed by atoms with Gasteiger partial charge >= 0.3 is 0 Å². The fourth-order valence-corrected chi connectivity index (χ4v) is 3.47. The monoisotopic (exact) mass is 260 g/mol. The predicted octanol–water partition coefficient (Wildman–Crippen LogP) is 1.92.